The van der Waals surface area contributed by atoms with E-state index >= 15 is 0 Å². The predicted octanol–water partition coefficient (Wildman–Crippen LogP) is 6.17. The fourth-order valence-corrected chi connectivity index (χ4v) is 3.89. The van der Waals surface area contributed by atoms with Gasteiger partial charge in [0.15, 0.2) is 0 Å². The number of rotatable bonds is 9. The number of fused-ring (bicyclic) bond motifs is 1. The standard InChI is InChI=1S/C26H22F3NO4/c27-26(28,29)34-20-15-13-19(14-16-20)33-23(18-8-2-1-3-9-18)12-6-7-17-30-24(31)21-10-4-5-11-22(21)25(30)32/h1-5,8-11,13-16,23H,6-7,12,17H2. The molecule has 0 aliphatic carbocycles. The molecular formula is C26H22F3NO4. The van der Waals surface area contributed by atoms with Gasteiger partial charge in [-0.15, -0.1) is 13.2 Å². The lowest BCUT2D eigenvalue weighted by atomic mass is 10.0. The Kier molecular flexibility index (Phi) is 6.86. The molecule has 0 fully saturated rings. The maximum atomic E-state index is 12.5. The van der Waals surface area contributed by atoms with Gasteiger partial charge in [0.05, 0.1) is 11.1 Å². The van der Waals surface area contributed by atoms with Crippen molar-refractivity contribution in [2.24, 2.45) is 0 Å². The molecule has 0 N–H and O–H groups in total. The molecule has 176 valence electrons. The van der Waals surface area contributed by atoms with Crippen LogP contribution in [-0.4, -0.2) is 29.6 Å². The summed E-state index contributed by atoms with van der Waals surface area (Å²) in [7, 11) is 0. The number of carbonyl (C=O) groups is 2. The third-order valence-electron chi connectivity index (χ3n) is 5.48. The van der Waals surface area contributed by atoms with E-state index in [0.29, 0.717) is 42.7 Å². The van der Waals surface area contributed by atoms with E-state index in [4.69, 9.17) is 4.74 Å². The van der Waals surface area contributed by atoms with Gasteiger partial charge < -0.3 is 9.47 Å². The summed E-state index contributed by atoms with van der Waals surface area (Å²) in [4.78, 5) is 26.3. The number of unbranched alkanes of at least 4 members (excludes halogenated alkanes) is 1. The highest BCUT2D eigenvalue weighted by Crippen LogP contribution is 2.30. The molecule has 1 atom stereocenters. The van der Waals surface area contributed by atoms with E-state index in [0.717, 1.165) is 5.56 Å². The number of benzene rings is 3. The zero-order chi connectivity index (χ0) is 24.1. The van der Waals surface area contributed by atoms with E-state index in [2.05, 4.69) is 4.74 Å². The van der Waals surface area contributed by atoms with Crippen molar-refractivity contribution in [3.8, 4) is 11.5 Å². The van der Waals surface area contributed by atoms with Crippen LogP contribution in [0.2, 0.25) is 0 Å². The van der Waals surface area contributed by atoms with Crippen molar-refractivity contribution in [1.82, 2.24) is 4.90 Å². The van der Waals surface area contributed by atoms with Crippen LogP contribution in [0.15, 0.2) is 78.9 Å². The van der Waals surface area contributed by atoms with E-state index < -0.39 is 6.36 Å². The van der Waals surface area contributed by atoms with E-state index in [9.17, 15) is 22.8 Å². The number of ether oxygens (including phenoxy) is 2. The Hall–Kier alpha value is -3.81. The van der Waals surface area contributed by atoms with E-state index in [1.807, 2.05) is 30.3 Å². The fourth-order valence-electron chi connectivity index (χ4n) is 3.89. The van der Waals surface area contributed by atoms with Crippen LogP contribution in [-0.2, 0) is 0 Å². The first-order valence-electron chi connectivity index (χ1n) is 10.8. The molecule has 0 saturated heterocycles. The molecule has 0 bridgehead atoms. The van der Waals surface area contributed by atoms with Crippen LogP contribution in [0.25, 0.3) is 0 Å². The molecule has 1 aliphatic rings. The van der Waals surface area contributed by atoms with Crippen LogP contribution in [0.4, 0.5) is 13.2 Å². The minimum atomic E-state index is -4.76. The van der Waals surface area contributed by atoms with E-state index in [-0.39, 0.29) is 23.7 Å². The molecule has 0 aromatic heterocycles. The van der Waals surface area contributed by atoms with Crippen molar-refractivity contribution in [3.05, 3.63) is 95.6 Å². The fraction of sp³-hybridized carbons (Fsp3) is 0.231. The summed E-state index contributed by atoms with van der Waals surface area (Å²) in [6, 6.07) is 21.5. The molecular weight excluding hydrogens is 447 g/mol. The number of carbonyl (C=O) groups excluding carboxylic acids is 2. The number of hydrogen-bond donors (Lipinski definition) is 0. The molecule has 0 radical (unpaired) electrons. The number of hydrogen-bond acceptors (Lipinski definition) is 4. The van der Waals surface area contributed by atoms with Gasteiger partial charge in [-0.25, -0.2) is 0 Å². The van der Waals surface area contributed by atoms with Gasteiger partial charge in [-0.2, -0.15) is 0 Å². The van der Waals surface area contributed by atoms with Crippen LogP contribution in [0.1, 0.15) is 51.6 Å². The molecule has 2 amide bonds. The lowest BCUT2D eigenvalue weighted by Gasteiger charge is -2.21. The normalized spacial score (nSPS) is 14.1. The molecule has 1 aliphatic heterocycles. The molecule has 1 unspecified atom stereocenters. The first kappa shape index (κ1) is 23.4. The van der Waals surface area contributed by atoms with Gasteiger partial charge in [-0.3, -0.25) is 14.5 Å². The summed E-state index contributed by atoms with van der Waals surface area (Å²) >= 11 is 0. The molecule has 4 rings (SSSR count). The second kappa shape index (κ2) is 9.99. The monoisotopic (exact) mass is 469 g/mol. The largest absolute Gasteiger partial charge is 0.573 e. The number of alkyl halides is 3. The second-order valence-corrected chi connectivity index (χ2v) is 7.84. The van der Waals surface area contributed by atoms with Crippen LogP contribution in [0, 0.1) is 0 Å². The summed E-state index contributed by atoms with van der Waals surface area (Å²) in [6.07, 6.45) is -3.25. The van der Waals surface area contributed by atoms with E-state index in [1.54, 1.807) is 24.3 Å². The Labute approximate surface area is 194 Å². The zero-order valence-corrected chi connectivity index (χ0v) is 18.1. The van der Waals surface area contributed by atoms with Crippen LogP contribution >= 0.6 is 0 Å². The Morgan fingerprint density at radius 2 is 1.29 bits per heavy atom. The average molecular weight is 469 g/mol. The van der Waals surface area contributed by atoms with Crippen molar-refractivity contribution in [1.29, 1.82) is 0 Å². The lowest BCUT2D eigenvalue weighted by Crippen LogP contribution is -2.30. The summed E-state index contributed by atoms with van der Waals surface area (Å²) < 4.78 is 47.1. The Morgan fingerprint density at radius 3 is 1.88 bits per heavy atom. The third kappa shape index (κ3) is 5.57. The zero-order valence-electron chi connectivity index (χ0n) is 18.1. The summed E-state index contributed by atoms with van der Waals surface area (Å²) in [5.41, 5.74) is 1.77. The molecule has 0 saturated carbocycles. The van der Waals surface area contributed by atoms with Gasteiger partial charge in [0.2, 0.25) is 0 Å². The van der Waals surface area contributed by atoms with Crippen molar-refractivity contribution in [3.63, 3.8) is 0 Å². The Balaban J connectivity index is 1.36. The number of halogens is 3. The van der Waals surface area contributed by atoms with Gasteiger partial charge in [0, 0.05) is 6.54 Å². The topological polar surface area (TPSA) is 55.8 Å². The molecule has 5 nitrogen and oxygen atoms in total. The van der Waals surface area contributed by atoms with Crippen molar-refractivity contribution in [2.45, 2.75) is 31.7 Å². The molecule has 3 aromatic rings. The first-order chi connectivity index (χ1) is 16.3. The smallest absolute Gasteiger partial charge is 0.486 e. The maximum absolute atomic E-state index is 12.5. The van der Waals surface area contributed by atoms with Crippen LogP contribution in [0.3, 0.4) is 0 Å². The van der Waals surface area contributed by atoms with Crippen molar-refractivity contribution in [2.75, 3.05) is 6.54 Å². The summed E-state index contributed by atoms with van der Waals surface area (Å²) in [6.45, 7) is 0.303. The van der Waals surface area contributed by atoms with Crippen molar-refractivity contribution >= 4 is 11.8 Å². The quantitative estimate of drug-likeness (QED) is 0.278. The minimum absolute atomic E-state index is 0.280. The van der Waals surface area contributed by atoms with Gasteiger partial charge in [-0.1, -0.05) is 42.5 Å². The highest BCUT2D eigenvalue weighted by molar-refractivity contribution is 6.21. The minimum Gasteiger partial charge on any atom is -0.486 e. The second-order valence-electron chi connectivity index (χ2n) is 7.84. The Morgan fingerprint density at radius 1 is 0.735 bits per heavy atom. The Bertz CT molecular complexity index is 1110. The first-order valence-corrected chi connectivity index (χ1v) is 10.8. The lowest BCUT2D eigenvalue weighted by molar-refractivity contribution is -0.274. The molecule has 8 heteroatoms. The van der Waals surface area contributed by atoms with Gasteiger partial charge in [0.25, 0.3) is 11.8 Å². The van der Waals surface area contributed by atoms with Crippen molar-refractivity contribution < 1.29 is 32.2 Å². The summed E-state index contributed by atoms with van der Waals surface area (Å²) in [5, 5.41) is 0. The molecule has 3 aromatic carbocycles. The maximum Gasteiger partial charge on any atom is 0.573 e. The number of nitrogens with zero attached hydrogens (tertiary/aromatic N) is 1. The van der Waals surface area contributed by atoms with Gasteiger partial charge >= 0.3 is 6.36 Å². The van der Waals surface area contributed by atoms with E-state index in [1.165, 1.54) is 29.2 Å². The third-order valence-corrected chi connectivity index (χ3v) is 5.48. The average Bonchev–Trinajstić information content (AvgIpc) is 3.06. The van der Waals surface area contributed by atoms with Gasteiger partial charge in [-0.05, 0) is 61.2 Å². The van der Waals surface area contributed by atoms with Crippen LogP contribution in [0.5, 0.6) is 11.5 Å². The SMILES string of the molecule is O=C1c2ccccc2C(=O)N1CCCCC(Oc1ccc(OC(F)(F)F)cc1)c1ccccc1. The summed E-state index contributed by atoms with van der Waals surface area (Å²) in [5.74, 6) is -0.476. The molecule has 1 heterocycles. The highest BCUT2D eigenvalue weighted by Gasteiger charge is 2.34. The van der Waals surface area contributed by atoms with Crippen LogP contribution < -0.4 is 9.47 Å². The number of amides is 2. The number of imide groups is 1. The molecule has 0 spiro atoms. The predicted molar refractivity (Wildman–Crippen MR) is 119 cm³/mol. The van der Waals surface area contributed by atoms with Gasteiger partial charge in [0.1, 0.15) is 17.6 Å². The highest BCUT2D eigenvalue weighted by atomic mass is 19.4. The molecule has 34 heavy (non-hydrogen) atoms.